The summed E-state index contributed by atoms with van der Waals surface area (Å²) in [4.78, 5) is 43.9. The van der Waals surface area contributed by atoms with E-state index in [1.54, 1.807) is 0 Å². The molecule has 0 spiro atoms. The zero-order chi connectivity index (χ0) is 18.4. The van der Waals surface area contributed by atoms with Crippen molar-refractivity contribution in [3.8, 4) is 0 Å². The van der Waals surface area contributed by atoms with E-state index in [0.717, 1.165) is 25.7 Å². The van der Waals surface area contributed by atoms with Gasteiger partial charge in [-0.1, -0.05) is 12.8 Å². The fraction of sp³-hybridized carbons (Fsp3) is 0.588. The molecule has 140 valence electrons. The maximum atomic E-state index is 12.2. The molecular weight excluding hydrogens is 336 g/mol. The van der Waals surface area contributed by atoms with Crippen LogP contribution in [-0.2, 0) is 9.59 Å². The van der Waals surface area contributed by atoms with Gasteiger partial charge in [0.2, 0.25) is 5.91 Å². The smallest absolute Gasteiger partial charge is 0.271 e. The molecule has 3 unspecified atom stereocenters. The largest absolute Gasteiger partial charge is 0.353 e. The highest BCUT2D eigenvalue weighted by Gasteiger charge is 2.39. The fourth-order valence-corrected chi connectivity index (χ4v) is 3.40. The zero-order valence-electron chi connectivity index (χ0n) is 14.5. The Hall–Kier alpha value is -2.55. The first-order valence-corrected chi connectivity index (χ1v) is 9.03. The Kier molecular flexibility index (Phi) is 6.11. The highest BCUT2D eigenvalue weighted by Crippen LogP contribution is 2.26. The lowest BCUT2D eigenvalue weighted by Gasteiger charge is -2.39. The Bertz CT molecular complexity index is 653. The normalized spacial score (nSPS) is 24.9. The number of hydrogen-bond donors (Lipinski definition) is 4. The van der Waals surface area contributed by atoms with Gasteiger partial charge in [0.15, 0.2) is 6.17 Å². The minimum Gasteiger partial charge on any atom is -0.353 e. The van der Waals surface area contributed by atoms with Gasteiger partial charge in [-0.15, -0.1) is 0 Å². The second kappa shape index (κ2) is 8.70. The first kappa shape index (κ1) is 18.2. The number of amides is 3. The van der Waals surface area contributed by atoms with Crippen LogP contribution in [0, 0.1) is 5.92 Å². The predicted octanol–water partition coefficient (Wildman–Crippen LogP) is -0.683. The van der Waals surface area contributed by atoms with E-state index in [1.807, 2.05) is 0 Å². The Morgan fingerprint density at radius 2 is 1.96 bits per heavy atom. The number of aromatic nitrogens is 2. The summed E-state index contributed by atoms with van der Waals surface area (Å²) < 4.78 is 0. The highest BCUT2D eigenvalue weighted by atomic mass is 16.2. The number of carbonyl (C=O) groups is 3. The van der Waals surface area contributed by atoms with Crippen molar-refractivity contribution in [2.75, 3.05) is 13.1 Å². The van der Waals surface area contributed by atoms with Crippen LogP contribution in [-0.4, -0.2) is 53.0 Å². The summed E-state index contributed by atoms with van der Waals surface area (Å²) in [6.07, 6.45) is 8.19. The van der Waals surface area contributed by atoms with Crippen LogP contribution < -0.4 is 21.3 Å². The lowest BCUT2D eigenvalue weighted by atomic mass is 9.82. The molecular formula is C17H24N6O3. The van der Waals surface area contributed by atoms with E-state index < -0.39 is 6.17 Å². The minimum absolute atomic E-state index is 0.0240. The predicted molar refractivity (Wildman–Crippen MR) is 92.8 cm³/mol. The zero-order valence-corrected chi connectivity index (χ0v) is 14.5. The van der Waals surface area contributed by atoms with Gasteiger partial charge in [-0.05, 0) is 19.3 Å². The van der Waals surface area contributed by atoms with E-state index in [1.165, 1.54) is 18.6 Å². The second-order valence-electron chi connectivity index (χ2n) is 6.60. The van der Waals surface area contributed by atoms with Crippen LogP contribution in [0.5, 0.6) is 0 Å². The summed E-state index contributed by atoms with van der Waals surface area (Å²) >= 11 is 0. The molecule has 3 amide bonds. The molecule has 3 rings (SSSR count). The molecule has 1 saturated heterocycles. The third kappa shape index (κ3) is 4.54. The monoisotopic (exact) mass is 360 g/mol. The molecule has 1 saturated carbocycles. The molecule has 3 atom stereocenters. The van der Waals surface area contributed by atoms with Crippen LogP contribution in [0.3, 0.4) is 0 Å². The summed E-state index contributed by atoms with van der Waals surface area (Å²) in [7, 11) is 0. The maximum Gasteiger partial charge on any atom is 0.271 e. The van der Waals surface area contributed by atoms with E-state index in [9.17, 15) is 14.4 Å². The number of rotatable bonds is 6. The van der Waals surface area contributed by atoms with E-state index in [-0.39, 0.29) is 35.4 Å². The van der Waals surface area contributed by atoms with E-state index in [2.05, 4.69) is 31.2 Å². The number of nitrogens with zero attached hydrogens (tertiary/aromatic N) is 2. The standard InChI is InChI=1S/C17H24N6O3/c24-15-11-4-1-2-5-12(11)22-14(23-15)17(26)21-7-3-6-20-16(25)13-10-18-8-9-19-13/h8-12,14,22H,1-7H2,(H,20,25)(H,21,26)(H,23,24). The van der Waals surface area contributed by atoms with Crippen LogP contribution in [0.25, 0.3) is 0 Å². The van der Waals surface area contributed by atoms with Gasteiger partial charge in [-0.2, -0.15) is 0 Å². The molecule has 0 bridgehead atoms. The molecule has 1 aliphatic heterocycles. The van der Waals surface area contributed by atoms with E-state index in [0.29, 0.717) is 19.5 Å². The Morgan fingerprint density at radius 1 is 1.15 bits per heavy atom. The average molecular weight is 360 g/mol. The number of carbonyl (C=O) groups excluding carboxylic acids is 3. The van der Waals surface area contributed by atoms with Crippen molar-refractivity contribution in [1.29, 1.82) is 0 Å². The minimum atomic E-state index is -0.684. The summed E-state index contributed by atoms with van der Waals surface area (Å²) in [5, 5.41) is 11.5. The first-order valence-electron chi connectivity index (χ1n) is 9.03. The van der Waals surface area contributed by atoms with Crippen LogP contribution in [0.1, 0.15) is 42.6 Å². The molecule has 9 heteroatoms. The molecule has 2 fully saturated rings. The van der Waals surface area contributed by atoms with Gasteiger partial charge in [0.25, 0.3) is 11.8 Å². The van der Waals surface area contributed by atoms with Gasteiger partial charge in [0.05, 0.1) is 12.1 Å². The van der Waals surface area contributed by atoms with Gasteiger partial charge in [0, 0.05) is 31.5 Å². The van der Waals surface area contributed by atoms with E-state index in [4.69, 9.17) is 0 Å². The first-order chi connectivity index (χ1) is 12.6. The second-order valence-corrected chi connectivity index (χ2v) is 6.60. The summed E-state index contributed by atoms with van der Waals surface area (Å²) in [6, 6.07) is 0.0829. The molecule has 9 nitrogen and oxygen atoms in total. The maximum absolute atomic E-state index is 12.2. The molecule has 0 radical (unpaired) electrons. The molecule has 1 aromatic rings. The Labute approximate surface area is 151 Å². The fourth-order valence-electron chi connectivity index (χ4n) is 3.40. The quantitative estimate of drug-likeness (QED) is 0.498. The van der Waals surface area contributed by atoms with Crippen LogP contribution in [0.2, 0.25) is 0 Å². The van der Waals surface area contributed by atoms with E-state index >= 15 is 0 Å². The third-order valence-corrected chi connectivity index (χ3v) is 4.77. The van der Waals surface area contributed by atoms with Crippen LogP contribution in [0.4, 0.5) is 0 Å². The molecule has 2 heterocycles. The molecule has 4 N–H and O–H groups in total. The van der Waals surface area contributed by atoms with Gasteiger partial charge in [-0.3, -0.25) is 24.7 Å². The van der Waals surface area contributed by atoms with Crippen molar-refractivity contribution in [3.05, 3.63) is 24.3 Å². The molecule has 2 aliphatic rings. The lowest BCUT2D eigenvalue weighted by molar-refractivity contribution is -0.137. The molecule has 26 heavy (non-hydrogen) atoms. The van der Waals surface area contributed by atoms with Crippen molar-refractivity contribution in [2.24, 2.45) is 5.92 Å². The highest BCUT2D eigenvalue weighted by molar-refractivity contribution is 5.92. The molecule has 0 aromatic carbocycles. The van der Waals surface area contributed by atoms with Gasteiger partial charge >= 0.3 is 0 Å². The number of fused-ring (bicyclic) bond motifs is 1. The molecule has 1 aromatic heterocycles. The van der Waals surface area contributed by atoms with Crippen molar-refractivity contribution in [2.45, 2.75) is 44.3 Å². The van der Waals surface area contributed by atoms with Crippen molar-refractivity contribution < 1.29 is 14.4 Å². The number of nitrogens with one attached hydrogen (secondary N) is 4. The Balaban J connectivity index is 1.35. The average Bonchev–Trinajstić information content (AvgIpc) is 2.68. The van der Waals surface area contributed by atoms with Crippen molar-refractivity contribution >= 4 is 17.7 Å². The van der Waals surface area contributed by atoms with Crippen molar-refractivity contribution in [3.63, 3.8) is 0 Å². The SMILES string of the molecule is O=C(NCCCNC(=O)C1NC(=O)C2CCCCC2N1)c1cnccn1. The summed E-state index contributed by atoms with van der Waals surface area (Å²) in [6.45, 7) is 0.812. The Morgan fingerprint density at radius 3 is 2.77 bits per heavy atom. The van der Waals surface area contributed by atoms with Crippen LogP contribution >= 0.6 is 0 Å². The van der Waals surface area contributed by atoms with Gasteiger partial charge in [0.1, 0.15) is 5.69 Å². The molecule has 1 aliphatic carbocycles. The number of hydrogen-bond acceptors (Lipinski definition) is 6. The lowest BCUT2D eigenvalue weighted by Crippen LogP contribution is -2.66. The van der Waals surface area contributed by atoms with Gasteiger partial charge in [-0.25, -0.2) is 4.98 Å². The summed E-state index contributed by atoms with van der Waals surface area (Å²) in [5.41, 5.74) is 0.257. The van der Waals surface area contributed by atoms with Crippen molar-refractivity contribution in [1.82, 2.24) is 31.2 Å². The summed E-state index contributed by atoms with van der Waals surface area (Å²) in [5.74, 6) is -0.606. The van der Waals surface area contributed by atoms with Crippen LogP contribution in [0.15, 0.2) is 18.6 Å². The topological polar surface area (TPSA) is 125 Å². The van der Waals surface area contributed by atoms with Gasteiger partial charge < -0.3 is 16.0 Å². The third-order valence-electron chi connectivity index (χ3n) is 4.77.